The van der Waals surface area contributed by atoms with Gasteiger partial charge in [-0.1, -0.05) is 0 Å². The smallest absolute Gasteiger partial charge is 0.341 e. The Hall–Kier alpha value is -2.71. The van der Waals surface area contributed by atoms with E-state index in [-0.39, 0.29) is 28.7 Å². The van der Waals surface area contributed by atoms with E-state index >= 15 is 4.39 Å². The highest BCUT2D eigenvalue weighted by molar-refractivity contribution is 7.15. The van der Waals surface area contributed by atoms with Crippen LogP contribution in [0.1, 0.15) is 64.1 Å². The van der Waals surface area contributed by atoms with E-state index in [1.165, 1.54) is 22.4 Å². The maximum absolute atomic E-state index is 15.6. The number of carbonyl (C=O) groups is 1. The van der Waals surface area contributed by atoms with Crippen molar-refractivity contribution in [3.63, 3.8) is 0 Å². The first kappa shape index (κ1) is 19.3. The first-order valence-corrected chi connectivity index (χ1v) is 10.9. The van der Waals surface area contributed by atoms with Crippen LogP contribution in [0, 0.1) is 12.7 Å². The first-order chi connectivity index (χ1) is 14.3. The Morgan fingerprint density at radius 2 is 2.07 bits per heavy atom. The second-order valence-corrected chi connectivity index (χ2v) is 9.39. The highest BCUT2D eigenvalue weighted by Crippen LogP contribution is 2.45. The van der Waals surface area contributed by atoms with Crippen molar-refractivity contribution >= 4 is 33.9 Å². The summed E-state index contributed by atoms with van der Waals surface area (Å²) >= 11 is 1.52. The fourth-order valence-electron chi connectivity index (χ4n) is 4.59. The van der Waals surface area contributed by atoms with E-state index in [2.05, 4.69) is 0 Å². The molecule has 0 bridgehead atoms. The normalized spacial score (nSPS) is 18.6. The van der Waals surface area contributed by atoms with Crippen LogP contribution < -0.4 is 16.9 Å². The number of nitrogen functional groups attached to an aromatic ring is 1. The molecule has 5 N–H and O–H groups in total. The average Bonchev–Trinajstić information content (AvgIpc) is 3.45. The van der Waals surface area contributed by atoms with Crippen LogP contribution in [0.2, 0.25) is 0 Å². The van der Waals surface area contributed by atoms with Gasteiger partial charge in [0.1, 0.15) is 5.56 Å². The lowest BCUT2D eigenvalue weighted by atomic mass is 9.93. The van der Waals surface area contributed by atoms with Crippen LogP contribution in [-0.2, 0) is 6.42 Å². The molecule has 8 heteroatoms. The van der Waals surface area contributed by atoms with Crippen LogP contribution in [0.4, 0.5) is 10.1 Å². The monoisotopic (exact) mass is 427 g/mol. The van der Waals surface area contributed by atoms with Gasteiger partial charge in [0, 0.05) is 33.6 Å². The molecular formula is C22H22FN3O3S. The van der Waals surface area contributed by atoms with Gasteiger partial charge in [-0.25, -0.2) is 9.18 Å². The zero-order valence-electron chi connectivity index (χ0n) is 16.5. The van der Waals surface area contributed by atoms with Gasteiger partial charge in [0.25, 0.3) is 0 Å². The summed E-state index contributed by atoms with van der Waals surface area (Å²) in [6, 6.07) is 1.99. The minimum Gasteiger partial charge on any atom is -0.477 e. The van der Waals surface area contributed by atoms with Gasteiger partial charge in [0.05, 0.1) is 16.6 Å². The molecule has 30 heavy (non-hydrogen) atoms. The van der Waals surface area contributed by atoms with Gasteiger partial charge in [-0.3, -0.25) is 4.79 Å². The molecule has 1 unspecified atom stereocenters. The van der Waals surface area contributed by atoms with E-state index in [4.69, 9.17) is 11.5 Å². The number of carboxylic acids is 1. The lowest BCUT2D eigenvalue weighted by molar-refractivity contribution is 0.0695. The fourth-order valence-corrected chi connectivity index (χ4v) is 5.96. The molecule has 1 atom stereocenters. The fraction of sp³-hybridized carbons (Fsp3) is 0.364. The van der Waals surface area contributed by atoms with Crippen LogP contribution >= 0.6 is 11.3 Å². The Labute approximate surface area is 175 Å². The van der Waals surface area contributed by atoms with Gasteiger partial charge in [0.2, 0.25) is 5.43 Å². The Morgan fingerprint density at radius 1 is 1.33 bits per heavy atom. The summed E-state index contributed by atoms with van der Waals surface area (Å²) in [6.07, 6.45) is 5.98. The standard InChI is InChI=1S/C22H22FN3O3S/c1-9-16(15-7-11-13(24)3-2-4-14(11)30-15)18(23)19(25)17-20(9)26(10-5-6-10)8-12(21(17)27)22(28)29/h7-8,10,13H,2-6,24-25H2,1H3,(H,28,29). The molecule has 1 saturated carbocycles. The van der Waals surface area contributed by atoms with Gasteiger partial charge >= 0.3 is 5.97 Å². The molecule has 1 aromatic carbocycles. The summed E-state index contributed by atoms with van der Waals surface area (Å²) in [6.45, 7) is 1.78. The number of halogens is 1. The Morgan fingerprint density at radius 3 is 2.70 bits per heavy atom. The number of aromatic carboxylic acids is 1. The van der Waals surface area contributed by atoms with Crippen molar-refractivity contribution in [2.75, 3.05) is 5.73 Å². The summed E-state index contributed by atoms with van der Waals surface area (Å²) in [5, 5.41) is 9.43. The number of benzene rings is 1. The van der Waals surface area contributed by atoms with E-state index in [0.717, 1.165) is 42.5 Å². The molecule has 5 rings (SSSR count). The third kappa shape index (κ3) is 2.70. The van der Waals surface area contributed by atoms with Crippen molar-refractivity contribution in [2.45, 2.75) is 51.1 Å². The summed E-state index contributed by atoms with van der Waals surface area (Å²) in [5.41, 5.74) is 13.5. The molecule has 2 aromatic heterocycles. The molecule has 0 saturated heterocycles. The highest BCUT2D eigenvalue weighted by Gasteiger charge is 2.31. The van der Waals surface area contributed by atoms with Gasteiger partial charge in [-0.15, -0.1) is 11.3 Å². The van der Waals surface area contributed by atoms with Gasteiger partial charge < -0.3 is 21.1 Å². The van der Waals surface area contributed by atoms with Crippen LogP contribution in [0.25, 0.3) is 21.3 Å². The van der Waals surface area contributed by atoms with Crippen LogP contribution in [0.3, 0.4) is 0 Å². The molecule has 0 radical (unpaired) electrons. The molecular weight excluding hydrogens is 405 g/mol. The third-order valence-corrected chi connectivity index (χ3v) is 7.50. The number of carboxylic acid groups (broad SMARTS) is 1. The minimum atomic E-state index is -1.34. The molecule has 156 valence electrons. The number of fused-ring (bicyclic) bond motifs is 2. The lowest BCUT2D eigenvalue weighted by Crippen LogP contribution is -2.21. The summed E-state index contributed by atoms with van der Waals surface area (Å²) in [4.78, 5) is 26.4. The first-order valence-electron chi connectivity index (χ1n) is 10.1. The Balaban J connectivity index is 1.86. The number of anilines is 1. The van der Waals surface area contributed by atoms with Gasteiger partial charge in [0.15, 0.2) is 5.82 Å². The molecule has 3 aromatic rings. The SMILES string of the molecule is Cc1c(-c2cc3c(s2)CCCC3N)c(F)c(N)c2c(=O)c(C(=O)O)cn(C3CC3)c12. The van der Waals surface area contributed by atoms with Crippen molar-refractivity contribution in [2.24, 2.45) is 5.73 Å². The molecule has 2 aliphatic carbocycles. The molecule has 0 aliphatic heterocycles. The predicted octanol–water partition coefficient (Wildman–Crippen LogP) is 4.13. The predicted molar refractivity (Wildman–Crippen MR) is 116 cm³/mol. The molecule has 2 aliphatic rings. The zero-order valence-corrected chi connectivity index (χ0v) is 17.3. The maximum atomic E-state index is 15.6. The number of rotatable bonds is 3. The van der Waals surface area contributed by atoms with Crippen molar-refractivity contribution < 1.29 is 14.3 Å². The number of thiophene rings is 1. The number of pyridine rings is 1. The van der Waals surface area contributed by atoms with E-state index in [9.17, 15) is 14.7 Å². The third-order valence-electron chi connectivity index (χ3n) is 6.27. The lowest BCUT2D eigenvalue weighted by Gasteiger charge is -2.18. The van der Waals surface area contributed by atoms with E-state index in [0.29, 0.717) is 16.6 Å². The molecule has 0 spiro atoms. The van der Waals surface area contributed by atoms with Gasteiger partial charge in [-0.05, 0) is 56.2 Å². The topological polar surface area (TPSA) is 111 Å². The molecule has 6 nitrogen and oxygen atoms in total. The number of nitrogens with zero attached hydrogens (tertiary/aromatic N) is 1. The number of nitrogens with two attached hydrogens (primary N) is 2. The Kier molecular flexibility index (Phi) is 4.27. The van der Waals surface area contributed by atoms with Crippen LogP contribution in [0.15, 0.2) is 17.1 Å². The quantitative estimate of drug-likeness (QED) is 0.544. The van der Waals surface area contributed by atoms with E-state index in [1.807, 2.05) is 6.07 Å². The Bertz CT molecular complexity index is 1290. The second kappa shape index (κ2) is 6.65. The highest BCUT2D eigenvalue weighted by atomic mass is 32.1. The van der Waals surface area contributed by atoms with E-state index < -0.39 is 17.2 Å². The largest absolute Gasteiger partial charge is 0.477 e. The zero-order chi connectivity index (χ0) is 21.3. The number of hydrogen-bond donors (Lipinski definition) is 3. The van der Waals surface area contributed by atoms with Crippen molar-refractivity contribution in [3.8, 4) is 10.4 Å². The summed E-state index contributed by atoms with van der Waals surface area (Å²) < 4.78 is 17.4. The van der Waals surface area contributed by atoms with E-state index in [1.54, 1.807) is 11.5 Å². The van der Waals surface area contributed by atoms with Crippen molar-refractivity contribution in [1.29, 1.82) is 0 Å². The van der Waals surface area contributed by atoms with Crippen LogP contribution in [0.5, 0.6) is 0 Å². The van der Waals surface area contributed by atoms with Crippen molar-refractivity contribution in [3.05, 3.63) is 49.9 Å². The number of aromatic nitrogens is 1. The molecule has 0 amide bonds. The number of hydrogen-bond acceptors (Lipinski definition) is 5. The number of aryl methyl sites for hydroxylation is 2. The summed E-state index contributed by atoms with van der Waals surface area (Å²) in [5.74, 6) is -2.01. The van der Waals surface area contributed by atoms with Crippen LogP contribution in [-0.4, -0.2) is 15.6 Å². The minimum absolute atomic E-state index is 0.0430. The van der Waals surface area contributed by atoms with Gasteiger partial charge in [-0.2, -0.15) is 0 Å². The average molecular weight is 428 g/mol. The van der Waals surface area contributed by atoms with Crippen molar-refractivity contribution in [1.82, 2.24) is 4.57 Å². The molecule has 2 heterocycles. The second-order valence-electron chi connectivity index (χ2n) is 8.25. The maximum Gasteiger partial charge on any atom is 0.341 e. The summed E-state index contributed by atoms with van der Waals surface area (Å²) in [7, 11) is 0. The molecule has 1 fully saturated rings.